The third-order valence-corrected chi connectivity index (χ3v) is 4.61. The van der Waals surface area contributed by atoms with Gasteiger partial charge in [0.2, 0.25) is 0 Å². The Bertz CT molecular complexity index is 850. The normalized spacial score (nSPS) is 18.7. The Balaban J connectivity index is 1.65. The van der Waals surface area contributed by atoms with Crippen LogP contribution in [0.4, 0.5) is 6.01 Å². The third-order valence-electron chi connectivity index (χ3n) is 4.61. The summed E-state index contributed by atoms with van der Waals surface area (Å²) < 4.78 is 8.07. The molecule has 1 fully saturated rings. The van der Waals surface area contributed by atoms with Crippen molar-refractivity contribution in [3.63, 3.8) is 0 Å². The van der Waals surface area contributed by atoms with E-state index in [0.717, 1.165) is 54.4 Å². The molecule has 1 saturated heterocycles. The van der Waals surface area contributed by atoms with Crippen LogP contribution in [0.1, 0.15) is 35.7 Å². The molecule has 0 spiro atoms. The average molecular weight is 311 g/mol. The minimum atomic E-state index is 0.370. The summed E-state index contributed by atoms with van der Waals surface area (Å²) in [6.45, 7) is 6.01. The van der Waals surface area contributed by atoms with Crippen molar-refractivity contribution in [2.75, 3.05) is 18.0 Å². The van der Waals surface area contributed by atoms with Crippen LogP contribution in [0.3, 0.4) is 0 Å². The first-order valence-corrected chi connectivity index (χ1v) is 8.08. The molecule has 1 aromatic carbocycles. The summed E-state index contributed by atoms with van der Waals surface area (Å²) in [6.07, 6.45) is 4.00. The van der Waals surface area contributed by atoms with E-state index in [-0.39, 0.29) is 0 Å². The second-order valence-corrected chi connectivity index (χ2v) is 6.51. The van der Waals surface area contributed by atoms with Gasteiger partial charge in [-0.1, -0.05) is 6.07 Å². The van der Waals surface area contributed by atoms with Crippen LogP contribution < -0.4 is 4.90 Å². The number of piperidine rings is 1. The molecule has 0 bridgehead atoms. The SMILES string of the molecule is Cc1cc(C)c2oc(N3CCCC(c4nncn4C)C3)nc2c1. The van der Waals surface area contributed by atoms with E-state index in [2.05, 4.69) is 41.1 Å². The van der Waals surface area contributed by atoms with Gasteiger partial charge in [-0.25, -0.2) is 0 Å². The van der Waals surface area contributed by atoms with E-state index >= 15 is 0 Å². The van der Waals surface area contributed by atoms with Crippen LogP contribution >= 0.6 is 0 Å². The Morgan fingerprint density at radius 2 is 2.13 bits per heavy atom. The number of fused-ring (bicyclic) bond motifs is 1. The van der Waals surface area contributed by atoms with E-state index in [4.69, 9.17) is 9.40 Å². The fourth-order valence-corrected chi connectivity index (χ4v) is 3.52. The van der Waals surface area contributed by atoms with Crippen molar-refractivity contribution >= 4 is 17.1 Å². The van der Waals surface area contributed by atoms with Gasteiger partial charge in [0.15, 0.2) is 5.58 Å². The van der Waals surface area contributed by atoms with Gasteiger partial charge < -0.3 is 13.9 Å². The fourth-order valence-electron chi connectivity index (χ4n) is 3.52. The Kier molecular flexibility index (Phi) is 3.32. The molecule has 0 radical (unpaired) electrons. The molecule has 6 heteroatoms. The van der Waals surface area contributed by atoms with E-state index in [0.29, 0.717) is 5.92 Å². The highest BCUT2D eigenvalue weighted by Gasteiger charge is 2.27. The average Bonchev–Trinajstić information content (AvgIpc) is 3.13. The van der Waals surface area contributed by atoms with Crippen molar-refractivity contribution in [1.29, 1.82) is 0 Å². The molecular formula is C17H21N5O. The molecule has 0 saturated carbocycles. The minimum Gasteiger partial charge on any atom is -0.423 e. The van der Waals surface area contributed by atoms with Gasteiger partial charge in [0.25, 0.3) is 6.01 Å². The number of oxazole rings is 1. The molecule has 4 rings (SSSR count). The highest BCUT2D eigenvalue weighted by atomic mass is 16.4. The van der Waals surface area contributed by atoms with Crippen LogP contribution in [0.25, 0.3) is 11.1 Å². The quantitative estimate of drug-likeness (QED) is 0.728. The van der Waals surface area contributed by atoms with Crippen molar-refractivity contribution in [2.24, 2.45) is 7.05 Å². The first kappa shape index (κ1) is 14.2. The first-order chi connectivity index (χ1) is 11.1. The van der Waals surface area contributed by atoms with Crippen LogP contribution in [0.5, 0.6) is 0 Å². The number of aryl methyl sites for hydroxylation is 3. The molecule has 6 nitrogen and oxygen atoms in total. The molecule has 1 aliphatic rings. The van der Waals surface area contributed by atoms with Crippen molar-refractivity contribution in [3.8, 4) is 0 Å². The van der Waals surface area contributed by atoms with Crippen molar-refractivity contribution in [2.45, 2.75) is 32.6 Å². The summed E-state index contributed by atoms with van der Waals surface area (Å²) >= 11 is 0. The lowest BCUT2D eigenvalue weighted by atomic mass is 9.97. The molecule has 0 aliphatic carbocycles. The van der Waals surface area contributed by atoms with E-state index in [1.165, 1.54) is 5.56 Å². The van der Waals surface area contributed by atoms with Crippen LogP contribution in [0.2, 0.25) is 0 Å². The second kappa shape index (κ2) is 5.37. The van der Waals surface area contributed by atoms with E-state index in [1.54, 1.807) is 6.33 Å². The zero-order chi connectivity index (χ0) is 16.0. The zero-order valence-corrected chi connectivity index (χ0v) is 13.8. The molecule has 3 aromatic rings. The largest absolute Gasteiger partial charge is 0.423 e. The van der Waals surface area contributed by atoms with Gasteiger partial charge >= 0.3 is 0 Å². The Hall–Kier alpha value is -2.37. The van der Waals surface area contributed by atoms with E-state index in [1.807, 2.05) is 11.6 Å². The smallest absolute Gasteiger partial charge is 0.298 e. The molecule has 1 unspecified atom stereocenters. The summed E-state index contributed by atoms with van der Waals surface area (Å²) in [6, 6.07) is 4.94. The summed E-state index contributed by atoms with van der Waals surface area (Å²) in [5.41, 5.74) is 4.19. The predicted octanol–water partition coefficient (Wildman–Crippen LogP) is 2.96. The Labute approximate surface area is 135 Å². The Morgan fingerprint density at radius 1 is 1.26 bits per heavy atom. The second-order valence-electron chi connectivity index (χ2n) is 6.51. The predicted molar refractivity (Wildman–Crippen MR) is 88.7 cm³/mol. The fraction of sp³-hybridized carbons (Fsp3) is 0.471. The zero-order valence-electron chi connectivity index (χ0n) is 13.8. The summed E-state index contributed by atoms with van der Waals surface area (Å²) in [5.74, 6) is 1.41. The van der Waals surface area contributed by atoms with Gasteiger partial charge in [0, 0.05) is 26.1 Å². The lowest BCUT2D eigenvalue weighted by Gasteiger charge is -2.30. The van der Waals surface area contributed by atoms with Gasteiger partial charge in [-0.05, 0) is 43.9 Å². The summed E-state index contributed by atoms with van der Waals surface area (Å²) in [7, 11) is 2.00. The maximum Gasteiger partial charge on any atom is 0.298 e. The minimum absolute atomic E-state index is 0.370. The Morgan fingerprint density at radius 3 is 2.91 bits per heavy atom. The molecular weight excluding hydrogens is 290 g/mol. The van der Waals surface area contributed by atoms with E-state index in [9.17, 15) is 0 Å². The summed E-state index contributed by atoms with van der Waals surface area (Å²) in [5, 5.41) is 8.28. The number of rotatable bonds is 2. The number of nitrogens with zero attached hydrogens (tertiary/aromatic N) is 5. The number of hydrogen-bond acceptors (Lipinski definition) is 5. The maximum atomic E-state index is 6.06. The topological polar surface area (TPSA) is 60.0 Å². The lowest BCUT2D eigenvalue weighted by molar-refractivity contribution is 0.449. The van der Waals surface area contributed by atoms with Crippen LogP contribution in [-0.4, -0.2) is 32.8 Å². The maximum absolute atomic E-state index is 6.06. The number of benzene rings is 1. The van der Waals surface area contributed by atoms with Crippen LogP contribution in [0.15, 0.2) is 22.9 Å². The molecule has 1 aliphatic heterocycles. The van der Waals surface area contributed by atoms with Crippen molar-refractivity contribution in [3.05, 3.63) is 35.4 Å². The number of hydrogen-bond donors (Lipinski definition) is 0. The highest BCUT2D eigenvalue weighted by Crippen LogP contribution is 2.31. The van der Waals surface area contributed by atoms with Crippen molar-refractivity contribution < 1.29 is 4.42 Å². The molecule has 0 amide bonds. The standard InChI is InChI=1S/C17H21N5O/c1-11-7-12(2)15-14(8-11)19-17(23-15)22-6-4-5-13(9-22)16-20-18-10-21(16)3/h7-8,10,13H,4-6,9H2,1-3H3. The van der Waals surface area contributed by atoms with Gasteiger partial charge in [-0.15, -0.1) is 10.2 Å². The highest BCUT2D eigenvalue weighted by molar-refractivity contribution is 5.78. The van der Waals surface area contributed by atoms with Gasteiger partial charge in [0.1, 0.15) is 17.7 Å². The molecule has 120 valence electrons. The van der Waals surface area contributed by atoms with Gasteiger partial charge in [0.05, 0.1) is 0 Å². The first-order valence-electron chi connectivity index (χ1n) is 8.08. The van der Waals surface area contributed by atoms with Crippen LogP contribution in [0, 0.1) is 13.8 Å². The third kappa shape index (κ3) is 2.48. The monoisotopic (exact) mass is 311 g/mol. The number of aromatic nitrogens is 4. The van der Waals surface area contributed by atoms with Crippen LogP contribution in [-0.2, 0) is 7.05 Å². The lowest BCUT2D eigenvalue weighted by Crippen LogP contribution is -2.35. The van der Waals surface area contributed by atoms with Crippen molar-refractivity contribution in [1.82, 2.24) is 19.7 Å². The van der Waals surface area contributed by atoms with E-state index < -0.39 is 0 Å². The molecule has 1 atom stereocenters. The molecule has 3 heterocycles. The molecule has 23 heavy (non-hydrogen) atoms. The molecule has 0 N–H and O–H groups in total. The summed E-state index contributed by atoms with van der Waals surface area (Å²) in [4.78, 5) is 6.95. The number of anilines is 1. The van der Waals surface area contributed by atoms with Gasteiger partial charge in [-0.2, -0.15) is 4.98 Å². The van der Waals surface area contributed by atoms with Gasteiger partial charge in [-0.3, -0.25) is 0 Å². The molecule has 2 aromatic heterocycles.